The summed E-state index contributed by atoms with van der Waals surface area (Å²) in [5, 5.41) is 9.07. The van der Waals surface area contributed by atoms with Gasteiger partial charge in [0.05, 0.1) is 11.2 Å². The SMILES string of the molecule is CSc1ccc(-c2ccccc2-c2cccc(CCCc3ccc(OP(=O)(O)C(F)F)cc3)c2-n2nnc3ccccc32)cc1. The van der Waals surface area contributed by atoms with Gasteiger partial charge < -0.3 is 9.42 Å². The van der Waals surface area contributed by atoms with Crippen LogP contribution in [0.5, 0.6) is 5.75 Å². The molecule has 0 spiro atoms. The van der Waals surface area contributed by atoms with E-state index in [1.807, 2.05) is 28.9 Å². The molecule has 45 heavy (non-hydrogen) atoms. The summed E-state index contributed by atoms with van der Waals surface area (Å²) in [6.45, 7) is 0. The molecule has 6 rings (SSSR count). The molecule has 1 atom stereocenters. The number of alkyl halides is 2. The van der Waals surface area contributed by atoms with Gasteiger partial charge in [-0.25, -0.2) is 9.25 Å². The second-order valence-corrected chi connectivity index (χ2v) is 13.1. The molecule has 0 saturated carbocycles. The van der Waals surface area contributed by atoms with Crippen LogP contribution >= 0.6 is 19.4 Å². The van der Waals surface area contributed by atoms with Gasteiger partial charge in [-0.2, -0.15) is 8.78 Å². The third-order valence-corrected chi connectivity index (χ3v) is 9.33. The summed E-state index contributed by atoms with van der Waals surface area (Å²) in [7, 11) is -5.02. The van der Waals surface area contributed by atoms with Crippen LogP contribution in [0.25, 0.3) is 39.0 Å². The van der Waals surface area contributed by atoms with E-state index in [9.17, 15) is 18.2 Å². The maximum absolute atomic E-state index is 12.8. The van der Waals surface area contributed by atoms with Gasteiger partial charge in [-0.15, -0.1) is 16.9 Å². The highest BCUT2D eigenvalue weighted by Crippen LogP contribution is 2.49. The van der Waals surface area contributed by atoms with Crippen molar-refractivity contribution in [3.63, 3.8) is 0 Å². The van der Waals surface area contributed by atoms with Crippen molar-refractivity contribution >= 4 is 30.4 Å². The summed E-state index contributed by atoms with van der Waals surface area (Å²) >= 11 is 1.71. The molecule has 0 amide bonds. The van der Waals surface area contributed by atoms with E-state index in [2.05, 4.69) is 87.8 Å². The summed E-state index contributed by atoms with van der Waals surface area (Å²) in [5.74, 6) is -0.0697. The zero-order valence-corrected chi connectivity index (χ0v) is 26.1. The predicted octanol–water partition coefficient (Wildman–Crippen LogP) is 9.44. The maximum Gasteiger partial charge on any atom is 0.442 e. The first-order chi connectivity index (χ1) is 21.8. The van der Waals surface area contributed by atoms with Crippen LogP contribution < -0.4 is 4.52 Å². The van der Waals surface area contributed by atoms with E-state index in [4.69, 9.17) is 0 Å². The van der Waals surface area contributed by atoms with Crippen molar-refractivity contribution in [2.75, 3.05) is 6.26 Å². The van der Waals surface area contributed by atoms with Crippen LogP contribution in [0.1, 0.15) is 17.5 Å². The molecule has 0 saturated heterocycles. The molecule has 228 valence electrons. The highest BCUT2D eigenvalue weighted by molar-refractivity contribution is 7.98. The summed E-state index contributed by atoms with van der Waals surface area (Å²) < 4.78 is 43.6. The molecule has 1 aromatic heterocycles. The number of para-hydroxylation sites is 2. The number of hydrogen-bond donors (Lipinski definition) is 1. The molecule has 6 aromatic rings. The molecule has 0 aliphatic rings. The lowest BCUT2D eigenvalue weighted by Gasteiger charge is -2.18. The fourth-order valence-electron chi connectivity index (χ4n) is 5.43. The average molecular weight is 642 g/mol. The number of thioether (sulfide) groups is 1. The summed E-state index contributed by atoms with van der Waals surface area (Å²) in [4.78, 5) is 10.5. The van der Waals surface area contributed by atoms with Gasteiger partial charge in [-0.05, 0) is 89.7 Å². The van der Waals surface area contributed by atoms with Gasteiger partial charge in [0.1, 0.15) is 11.3 Å². The molecule has 1 unspecified atom stereocenters. The lowest BCUT2D eigenvalue weighted by atomic mass is 9.91. The molecular formula is C35H30F2N3O3PS. The van der Waals surface area contributed by atoms with Crippen LogP contribution in [-0.2, 0) is 17.4 Å². The summed E-state index contributed by atoms with van der Waals surface area (Å²) in [5.41, 5.74) is 9.12. The topological polar surface area (TPSA) is 77.2 Å². The van der Waals surface area contributed by atoms with Crippen molar-refractivity contribution in [2.45, 2.75) is 30.3 Å². The van der Waals surface area contributed by atoms with E-state index in [0.717, 1.165) is 62.9 Å². The van der Waals surface area contributed by atoms with Gasteiger partial charge in [-0.3, -0.25) is 0 Å². The zero-order valence-electron chi connectivity index (χ0n) is 24.4. The third kappa shape index (κ3) is 6.71. The van der Waals surface area contributed by atoms with E-state index < -0.39 is 13.8 Å². The number of hydrogen-bond acceptors (Lipinski definition) is 5. The van der Waals surface area contributed by atoms with Crippen LogP contribution in [0, 0.1) is 0 Å². The van der Waals surface area contributed by atoms with Gasteiger partial charge in [0.2, 0.25) is 0 Å². The van der Waals surface area contributed by atoms with E-state index in [0.29, 0.717) is 6.42 Å². The van der Waals surface area contributed by atoms with Crippen molar-refractivity contribution < 1.29 is 22.8 Å². The molecule has 1 N–H and O–H groups in total. The number of aryl methyl sites for hydroxylation is 2. The van der Waals surface area contributed by atoms with Gasteiger partial charge in [0.15, 0.2) is 0 Å². The highest BCUT2D eigenvalue weighted by Gasteiger charge is 2.34. The van der Waals surface area contributed by atoms with E-state index in [1.54, 1.807) is 23.9 Å². The lowest BCUT2D eigenvalue weighted by molar-refractivity contribution is 0.188. The molecule has 5 aromatic carbocycles. The Hall–Kier alpha value is -4.30. The molecular weight excluding hydrogens is 611 g/mol. The summed E-state index contributed by atoms with van der Waals surface area (Å²) in [6.07, 6.45) is 0.829. The van der Waals surface area contributed by atoms with Crippen LogP contribution in [0.2, 0.25) is 0 Å². The minimum atomic E-state index is -5.02. The van der Waals surface area contributed by atoms with Crippen LogP contribution in [0.15, 0.2) is 120 Å². The van der Waals surface area contributed by atoms with Crippen molar-refractivity contribution in [1.82, 2.24) is 15.0 Å². The molecule has 0 aliphatic carbocycles. The van der Waals surface area contributed by atoms with Crippen LogP contribution in [-0.4, -0.2) is 32.3 Å². The first kappa shape index (κ1) is 30.7. The average Bonchev–Trinajstić information content (AvgIpc) is 3.49. The highest BCUT2D eigenvalue weighted by atomic mass is 32.2. The largest absolute Gasteiger partial charge is 0.442 e. The first-order valence-corrected chi connectivity index (χ1v) is 17.3. The van der Waals surface area contributed by atoms with Gasteiger partial charge >= 0.3 is 13.8 Å². The summed E-state index contributed by atoms with van der Waals surface area (Å²) in [6, 6.07) is 37.5. The zero-order chi connectivity index (χ0) is 31.4. The predicted molar refractivity (Wildman–Crippen MR) is 176 cm³/mol. The Morgan fingerprint density at radius 3 is 2.24 bits per heavy atom. The van der Waals surface area contributed by atoms with E-state index in [1.165, 1.54) is 17.0 Å². The molecule has 6 nitrogen and oxygen atoms in total. The quantitative estimate of drug-likeness (QED) is 0.112. The van der Waals surface area contributed by atoms with Crippen molar-refractivity contribution in [1.29, 1.82) is 0 Å². The number of halogens is 2. The first-order valence-electron chi connectivity index (χ1n) is 14.4. The van der Waals surface area contributed by atoms with Crippen LogP contribution in [0.4, 0.5) is 8.78 Å². The number of fused-ring (bicyclic) bond motifs is 1. The molecule has 0 radical (unpaired) electrons. The Labute approximate surface area is 264 Å². The number of aromatic nitrogens is 3. The second kappa shape index (κ2) is 13.4. The number of rotatable bonds is 11. The van der Waals surface area contributed by atoms with Gasteiger partial charge in [-0.1, -0.05) is 84.1 Å². The third-order valence-electron chi connectivity index (χ3n) is 7.62. The number of benzene rings is 5. The van der Waals surface area contributed by atoms with Gasteiger partial charge in [0, 0.05) is 10.5 Å². The minimum Gasteiger partial charge on any atom is -0.421 e. The normalized spacial score (nSPS) is 12.8. The lowest BCUT2D eigenvalue weighted by Crippen LogP contribution is -2.05. The Morgan fingerprint density at radius 1 is 0.822 bits per heavy atom. The molecule has 0 bridgehead atoms. The second-order valence-electron chi connectivity index (χ2n) is 10.5. The Morgan fingerprint density at radius 2 is 1.51 bits per heavy atom. The fourth-order valence-corrected chi connectivity index (χ4v) is 6.34. The molecule has 0 fully saturated rings. The molecule has 10 heteroatoms. The monoisotopic (exact) mass is 641 g/mol. The minimum absolute atomic E-state index is 0.0697. The Bertz CT molecular complexity index is 1980. The maximum atomic E-state index is 12.8. The van der Waals surface area contributed by atoms with Crippen molar-refractivity contribution in [2.24, 2.45) is 0 Å². The van der Waals surface area contributed by atoms with Gasteiger partial charge in [0.25, 0.3) is 0 Å². The van der Waals surface area contributed by atoms with E-state index in [-0.39, 0.29) is 5.75 Å². The fraction of sp³-hybridized carbons (Fsp3) is 0.143. The molecule has 1 heterocycles. The Kier molecular flexibility index (Phi) is 9.12. The molecule has 0 aliphatic heterocycles. The van der Waals surface area contributed by atoms with Crippen LogP contribution in [0.3, 0.4) is 0 Å². The van der Waals surface area contributed by atoms with Crippen molar-refractivity contribution in [3.05, 3.63) is 126 Å². The standard InChI is InChI=1S/C35H30F2N3O3PS/c1-45-28-22-18-25(19-23-28)29-11-2-3-12-30(29)31-13-7-10-26(34(31)40-33-15-5-4-14-32(33)38-39-40)9-6-8-24-16-20-27(21-17-24)43-44(41,42)35(36)37/h2-5,7,10-23,35H,6,8-9H2,1H3,(H,41,42). The smallest absolute Gasteiger partial charge is 0.421 e. The van der Waals surface area contributed by atoms with E-state index >= 15 is 0 Å². The number of nitrogens with zero attached hydrogens (tertiary/aromatic N) is 3. The Balaban J connectivity index is 1.34. The van der Waals surface area contributed by atoms with Crippen molar-refractivity contribution in [3.8, 4) is 33.7 Å².